The molecule has 160 valence electrons. The van der Waals surface area contributed by atoms with Gasteiger partial charge in [-0.15, -0.1) is 0 Å². The maximum absolute atomic E-state index is 12.1. The number of rotatable bonds is 9. The van der Waals surface area contributed by atoms with Crippen molar-refractivity contribution in [1.82, 2.24) is 0 Å². The summed E-state index contributed by atoms with van der Waals surface area (Å²) in [5.41, 5.74) is 11.3. The minimum Gasteiger partial charge on any atom is -0.486 e. The second kappa shape index (κ2) is 10.3. The molecule has 0 aliphatic heterocycles. The van der Waals surface area contributed by atoms with Crippen LogP contribution in [0.4, 0.5) is 0 Å². The Morgan fingerprint density at radius 3 is 2.23 bits per heavy atom. The molecule has 1 aromatic heterocycles. The number of hydrogen-bond acceptors (Lipinski definition) is 7. The van der Waals surface area contributed by atoms with E-state index in [9.17, 15) is 9.59 Å². The highest BCUT2D eigenvalue weighted by atomic mass is 79.9. The molecular formula is C21H18BrN3O6. The minimum absolute atomic E-state index is 0.0276. The Balaban J connectivity index is 1.53. The number of oxime groups is 1. The molecule has 4 N–H and O–H groups in total. The number of amidine groups is 1. The summed E-state index contributed by atoms with van der Waals surface area (Å²) < 4.78 is 17.1. The van der Waals surface area contributed by atoms with Crippen molar-refractivity contribution in [3.05, 3.63) is 82.2 Å². The molecular weight excluding hydrogens is 470 g/mol. The number of amides is 1. The lowest BCUT2D eigenvalue weighted by Crippen LogP contribution is -2.20. The summed E-state index contributed by atoms with van der Waals surface area (Å²) in [5.74, 6) is 0.0740. The molecule has 1 heterocycles. The monoisotopic (exact) mass is 487 g/mol. The Bertz CT molecular complexity index is 1080. The van der Waals surface area contributed by atoms with Gasteiger partial charge in [0.25, 0.3) is 5.91 Å². The summed E-state index contributed by atoms with van der Waals surface area (Å²) in [5, 5.41) is 3.62. The van der Waals surface area contributed by atoms with Crippen molar-refractivity contribution in [1.29, 1.82) is 0 Å². The standard InChI is InChI=1S/C21H18BrN3O6/c22-14-3-7-16(8-4-14)28-11-17-9-10-18(30-17)21(27)31-25-20(24)13-1-5-15(6-2-13)29-12-19(23)26/h1-10H,11-12H2,(H2,23,26)(H2,24,25). The number of benzene rings is 2. The molecule has 0 saturated carbocycles. The molecule has 0 fully saturated rings. The maximum atomic E-state index is 12.1. The van der Waals surface area contributed by atoms with Crippen molar-refractivity contribution in [3.63, 3.8) is 0 Å². The third-order valence-electron chi connectivity index (χ3n) is 3.82. The first-order chi connectivity index (χ1) is 14.9. The van der Waals surface area contributed by atoms with Crippen LogP contribution in [0.1, 0.15) is 21.9 Å². The third kappa shape index (κ3) is 6.61. The van der Waals surface area contributed by atoms with Gasteiger partial charge in [0.15, 0.2) is 12.4 Å². The number of ether oxygens (including phenoxy) is 2. The van der Waals surface area contributed by atoms with Gasteiger partial charge in [0.1, 0.15) is 23.9 Å². The van der Waals surface area contributed by atoms with Gasteiger partial charge in [0, 0.05) is 10.0 Å². The molecule has 3 aromatic rings. The van der Waals surface area contributed by atoms with E-state index in [1.165, 1.54) is 6.07 Å². The zero-order chi connectivity index (χ0) is 22.2. The van der Waals surface area contributed by atoms with E-state index in [1.807, 2.05) is 12.1 Å². The van der Waals surface area contributed by atoms with Gasteiger partial charge in [-0.2, -0.15) is 0 Å². The van der Waals surface area contributed by atoms with Crippen molar-refractivity contribution < 1.29 is 28.3 Å². The van der Waals surface area contributed by atoms with E-state index in [4.69, 9.17) is 30.2 Å². The fourth-order valence-corrected chi connectivity index (χ4v) is 2.58. The van der Waals surface area contributed by atoms with Gasteiger partial charge < -0.3 is 30.2 Å². The van der Waals surface area contributed by atoms with Crippen LogP contribution in [-0.2, 0) is 16.2 Å². The van der Waals surface area contributed by atoms with E-state index in [2.05, 4.69) is 21.1 Å². The molecule has 31 heavy (non-hydrogen) atoms. The topological polar surface area (TPSA) is 139 Å². The molecule has 0 radical (unpaired) electrons. The maximum Gasteiger partial charge on any atom is 0.400 e. The molecule has 9 nitrogen and oxygen atoms in total. The third-order valence-corrected chi connectivity index (χ3v) is 4.34. The second-order valence-corrected chi connectivity index (χ2v) is 7.06. The lowest BCUT2D eigenvalue weighted by molar-refractivity contribution is -0.119. The number of primary amides is 1. The summed E-state index contributed by atoms with van der Waals surface area (Å²) in [6, 6.07) is 16.7. The molecule has 1 amide bonds. The Labute approximate surface area is 185 Å². The summed E-state index contributed by atoms with van der Waals surface area (Å²) in [6.45, 7) is -0.0929. The van der Waals surface area contributed by atoms with Crippen LogP contribution in [0, 0.1) is 0 Å². The van der Waals surface area contributed by atoms with E-state index >= 15 is 0 Å². The average molecular weight is 488 g/mol. The number of furan rings is 1. The van der Waals surface area contributed by atoms with Crippen molar-refractivity contribution in [2.24, 2.45) is 16.6 Å². The van der Waals surface area contributed by atoms with Crippen LogP contribution in [0.25, 0.3) is 0 Å². The minimum atomic E-state index is -0.806. The van der Waals surface area contributed by atoms with Gasteiger partial charge >= 0.3 is 5.97 Å². The fourth-order valence-electron chi connectivity index (χ4n) is 2.32. The van der Waals surface area contributed by atoms with Crippen LogP contribution in [0.5, 0.6) is 11.5 Å². The molecule has 0 aliphatic rings. The number of carbonyl (C=O) groups is 2. The Morgan fingerprint density at radius 1 is 0.903 bits per heavy atom. The average Bonchev–Trinajstić information content (AvgIpc) is 3.25. The molecule has 0 aliphatic carbocycles. The molecule has 0 saturated heterocycles. The van der Waals surface area contributed by atoms with E-state index in [0.29, 0.717) is 22.8 Å². The quantitative estimate of drug-likeness (QED) is 0.204. The lowest BCUT2D eigenvalue weighted by atomic mass is 10.2. The van der Waals surface area contributed by atoms with E-state index < -0.39 is 11.9 Å². The van der Waals surface area contributed by atoms with Crippen molar-refractivity contribution >= 4 is 33.6 Å². The Kier molecular flexibility index (Phi) is 7.28. The summed E-state index contributed by atoms with van der Waals surface area (Å²) >= 11 is 3.35. The van der Waals surface area contributed by atoms with Gasteiger partial charge in [0.2, 0.25) is 5.76 Å². The van der Waals surface area contributed by atoms with E-state index in [1.54, 1.807) is 42.5 Å². The predicted molar refractivity (Wildman–Crippen MR) is 114 cm³/mol. The SMILES string of the molecule is NC(=O)COc1ccc(/C(N)=N/OC(=O)c2ccc(COc3ccc(Br)cc3)o2)cc1. The highest BCUT2D eigenvalue weighted by molar-refractivity contribution is 9.10. The molecule has 3 rings (SSSR count). The molecule has 0 bridgehead atoms. The number of carbonyl (C=O) groups excluding carboxylic acids is 2. The molecule has 0 atom stereocenters. The van der Waals surface area contributed by atoms with Crippen molar-refractivity contribution in [2.45, 2.75) is 6.61 Å². The van der Waals surface area contributed by atoms with Crippen LogP contribution in [-0.4, -0.2) is 24.3 Å². The zero-order valence-electron chi connectivity index (χ0n) is 16.1. The highest BCUT2D eigenvalue weighted by Gasteiger charge is 2.14. The zero-order valence-corrected chi connectivity index (χ0v) is 17.7. The Morgan fingerprint density at radius 2 is 1.55 bits per heavy atom. The molecule has 0 unspecified atom stereocenters. The van der Waals surface area contributed by atoms with Gasteiger partial charge in [-0.05, 0) is 60.7 Å². The summed E-state index contributed by atoms with van der Waals surface area (Å²) in [4.78, 5) is 27.7. The Hall–Kier alpha value is -3.79. The van der Waals surface area contributed by atoms with Crippen LogP contribution in [0.3, 0.4) is 0 Å². The first kappa shape index (κ1) is 21.9. The van der Waals surface area contributed by atoms with Gasteiger partial charge in [-0.25, -0.2) is 4.79 Å². The van der Waals surface area contributed by atoms with E-state index in [0.717, 1.165) is 4.47 Å². The summed E-state index contributed by atoms with van der Waals surface area (Å²) in [6.07, 6.45) is 0. The fraction of sp³-hybridized carbons (Fsp3) is 0.0952. The predicted octanol–water partition coefficient (Wildman–Crippen LogP) is 2.96. The van der Waals surface area contributed by atoms with Crippen LogP contribution in [0.2, 0.25) is 0 Å². The number of halogens is 1. The van der Waals surface area contributed by atoms with Crippen LogP contribution >= 0.6 is 15.9 Å². The summed E-state index contributed by atoms with van der Waals surface area (Å²) in [7, 11) is 0. The number of hydrogen-bond donors (Lipinski definition) is 2. The molecule has 10 heteroatoms. The van der Waals surface area contributed by atoms with Crippen LogP contribution in [0.15, 0.2) is 74.7 Å². The van der Waals surface area contributed by atoms with Gasteiger partial charge in [-0.1, -0.05) is 21.1 Å². The lowest BCUT2D eigenvalue weighted by Gasteiger charge is -2.05. The molecule has 2 aromatic carbocycles. The van der Waals surface area contributed by atoms with Gasteiger partial charge in [0.05, 0.1) is 0 Å². The highest BCUT2D eigenvalue weighted by Crippen LogP contribution is 2.18. The first-order valence-electron chi connectivity index (χ1n) is 8.94. The van der Waals surface area contributed by atoms with Crippen LogP contribution < -0.4 is 20.9 Å². The van der Waals surface area contributed by atoms with Crippen molar-refractivity contribution in [3.8, 4) is 11.5 Å². The smallest absolute Gasteiger partial charge is 0.400 e. The van der Waals surface area contributed by atoms with E-state index in [-0.39, 0.29) is 24.8 Å². The number of nitrogens with zero attached hydrogens (tertiary/aromatic N) is 1. The van der Waals surface area contributed by atoms with Gasteiger partial charge in [-0.3, -0.25) is 4.79 Å². The largest absolute Gasteiger partial charge is 0.486 e. The second-order valence-electron chi connectivity index (χ2n) is 6.14. The normalized spacial score (nSPS) is 11.1. The molecule has 0 spiro atoms. The van der Waals surface area contributed by atoms with Crippen molar-refractivity contribution in [2.75, 3.05) is 6.61 Å². The number of nitrogens with two attached hydrogens (primary N) is 2. The first-order valence-corrected chi connectivity index (χ1v) is 9.73.